The van der Waals surface area contributed by atoms with Gasteiger partial charge in [-0.15, -0.1) is 0 Å². The van der Waals surface area contributed by atoms with Crippen molar-refractivity contribution in [1.29, 1.82) is 0 Å². The molecule has 2 atom stereocenters. The minimum absolute atomic E-state index is 0.0980. The fourth-order valence-corrected chi connectivity index (χ4v) is 2.89. The van der Waals surface area contributed by atoms with Gasteiger partial charge in [-0.1, -0.05) is 42.8 Å². The van der Waals surface area contributed by atoms with E-state index < -0.39 is 0 Å². The Hall–Kier alpha value is -0.540. The summed E-state index contributed by atoms with van der Waals surface area (Å²) in [5.74, 6) is 1.51. The van der Waals surface area contributed by atoms with Crippen molar-refractivity contribution >= 4 is 15.9 Å². The molecule has 1 aliphatic rings. The average Bonchev–Trinajstić information content (AvgIpc) is 2.35. The Balaban J connectivity index is 2.34. The molecular formula is C16H24BrNO. The molecule has 0 amide bonds. The smallest absolute Gasteiger partial charge is 0.126 e. The van der Waals surface area contributed by atoms with E-state index in [1.165, 1.54) is 5.56 Å². The van der Waals surface area contributed by atoms with Crippen LogP contribution >= 0.6 is 15.9 Å². The van der Waals surface area contributed by atoms with E-state index in [0.29, 0.717) is 12.0 Å². The maximum Gasteiger partial charge on any atom is 0.126 e. The van der Waals surface area contributed by atoms with Crippen LogP contribution in [0.4, 0.5) is 0 Å². The fraction of sp³-hybridized carbons (Fsp3) is 0.625. The molecule has 19 heavy (non-hydrogen) atoms. The first kappa shape index (κ1) is 14.9. The number of nitrogens with one attached hydrogen (secondary N) is 1. The first-order valence-electron chi connectivity index (χ1n) is 7.18. The van der Waals surface area contributed by atoms with E-state index in [1.807, 2.05) is 0 Å². The summed E-state index contributed by atoms with van der Waals surface area (Å²) in [7, 11) is 0. The van der Waals surface area contributed by atoms with Crippen LogP contribution in [-0.4, -0.2) is 12.1 Å². The Morgan fingerprint density at radius 3 is 2.84 bits per heavy atom. The third-order valence-corrected chi connectivity index (χ3v) is 4.66. The Morgan fingerprint density at radius 2 is 2.21 bits per heavy atom. The number of rotatable bonds is 4. The van der Waals surface area contributed by atoms with Gasteiger partial charge in [0.2, 0.25) is 0 Å². The topological polar surface area (TPSA) is 21.3 Å². The van der Waals surface area contributed by atoms with Gasteiger partial charge in [-0.25, -0.2) is 0 Å². The summed E-state index contributed by atoms with van der Waals surface area (Å²) in [6.07, 6.45) is 2.18. The molecule has 2 unspecified atom stereocenters. The van der Waals surface area contributed by atoms with Crippen molar-refractivity contribution in [2.24, 2.45) is 5.92 Å². The molecule has 1 aromatic rings. The van der Waals surface area contributed by atoms with Crippen LogP contribution in [0.3, 0.4) is 0 Å². The molecule has 0 aromatic heterocycles. The first-order valence-corrected chi connectivity index (χ1v) is 7.97. The zero-order valence-electron chi connectivity index (χ0n) is 12.3. The summed E-state index contributed by atoms with van der Waals surface area (Å²) in [5.41, 5.74) is 1.19. The number of hydrogen-bond acceptors (Lipinski definition) is 2. The van der Waals surface area contributed by atoms with E-state index in [4.69, 9.17) is 4.74 Å². The van der Waals surface area contributed by atoms with Gasteiger partial charge < -0.3 is 10.1 Å². The highest BCUT2D eigenvalue weighted by atomic mass is 79.9. The molecule has 0 bridgehead atoms. The third kappa shape index (κ3) is 3.14. The van der Waals surface area contributed by atoms with E-state index >= 15 is 0 Å². The maximum atomic E-state index is 6.30. The predicted octanol–water partition coefficient (Wildman–Crippen LogP) is 4.69. The quantitative estimate of drug-likeness (QED) is 0.867. The maximum absolute atomic E-state index is 6.30. The number of ether oxygens (including phenoxy) is 1. The van der Waals surface area contributed by atoms with Crippen molar-refractivity contribution < 1.29 is 4.74 Å². The standard InChI is InChI=1S/C16H24BrNO/c1-5-8-18-14-10-16(4,11(2)3)19-15-9-12(17)6-7-13(14)15/h6-7,9,11,14,18H,5,8,10H2,1-4H3. The molecule has 3 heteroatoms. The average molecular weight is 326 g/mol. The van der Waals surface area contributed by atoms with Crippen molar-refractivity contribution in [3.8, 4) is 5.75 Å². The summed E-state index contributed by atoms with van der Waals surface area (Å²) in [6, 6.07) is 6.76. The third-order valence-electron chi connectivity index (χ3n) is 4.17. The predicted molar refractivity (Wildman–Crippen MR) is 83.7 cm³/mol. The van der Waals surface area contributed by atoms with Crippen LogP contribution in [0.5, 0.6) is 5.75 Å². The van der Waals surface area contributed by atoms with Gasteiger partial charge in [0.25, 0.3) is 0 Å². The van der Waals surface area contributed by atoms with Crippen LogP contribution in [0.25, 0.3) is 0 Å². The van der Waals surface area contributed by atoms with Crippen molar-refractivity contribution in [3.05, 3.63) is 28.2 Å². The second kappa shape index (κ2) is 5.84. The zero-order valence-corrected chi connectivity index (χ0v) is 13.9. The summed E-state index contributed by atoms with van der Waals surface area (Å²) in [4.78, 5) is 0. The largest absolute Gasteiger partial charge is 0.487 e. The molecule has 1 aliphatic heterocycles. The number of halogens is 1. The van der Waals surface area contributed by atoms with E-state index in [-0.39, 0.29) is 5.60 Å². The molecule has 0 aliphatic carbocycles. The van der Waals surface area contributed by atoms with Gasteiger partial charge >= 0.3 is 0 Å². The summed E-state index contributed by atoms with van der Waals surface area (Å²) in [5, 5.41) is 3.66. The van der Waals surface area contributed by atoms with Crippen molar-refractivity contribution in [2.75, 3.05) is 6.54 Å². The molecule has 0 fully saturated rings. The Labute approximate surface area is 125 Å². The van der Waals surface area contributed by atoms with Gasteiger partial charge in [0, 0.05) is 22.5 Å². The summed E-state index contributed by atoms with van der Waals surface area (Å²) >= 11 is 3.54. The number of benzene rings is 1. The van der Waals surface area contributed by atoms with E-state index in [2.05, 4.69) is 67.1 Å². The molecule has 1 aromatic carbocycles. The van der Waals surface area contributed by atoms with Gasteiger partial charge in [0.05, 0.1) is 0 Å². The fourth-order valence-electron chi connectivity index (χ4n) is 2.55. The lowest BCUT2D eigenvalue weighted by Crippen LogP contribution is -2.45. The van der Waals surface area contributed by atoms with Crippen LogP contribution in [0.15, 0.2) is 22.7 Å². The number of fused-ring (bicyclic) bond motifs is 1. The van der Waals surface area contributed by atoms with Crippen LogP contribution in [0, 0.1) is 5.92 Å². The molecule has 2 rings (SSSR count). The second-order valence-corrected chi connectivity index (χ2v) is 6.88. The van der Waals surface area contributed by atoms with Gasteiger partial charge in [0.1, 0.15) is 11.4 Å². The van der Waals surface area contributed by atoms with Gasteiger partial charge in [0.15, 0.2) is 0 Å². The Morgan fingerprint density at radius 1 is 1.47 bits per heavy atom. The first-order chi connectivity index (χ1) is 8.96. The molecule has 106 valence electrons. The van der Waals surface area contributed by atoms with Gasteiger partial charge in [-0.3, -0.25) is 0 Å². The van der Waals surface area contributed by atoms with Gasteiger partial charge in [-0.2, -0.15) is 0 Å². The van der Waals surface area contributed by atoms with Crippen molar-refractivity contribution in [1.82, 2.24) is 5.32 Å². The highest BCUT2D eigenvalue weighted by Crippen LogP contribution is 2.43. The lowest BCUT2D eigenvalue weighted by Gasteiger charge is -2.43. The monoisotopic (exact) mass is 325 g/mol. The minimum Gasteiger partial charge on any atom is -0.487 e. The second-order valence-electron chi connectivity index (χ2n) is 5.96. The molecule has 1 N–H and O–H groups in total. The van der Waals surface area contributed by atoms with E-state index in [9.17, 15) is 0 Å². The van der Waals surface area contributed by atoms with Crippen LogP contribution < -0.4 is 10.1 Å². The zero-order chi connectivity index (χ0) is 14.0. The highest BCUT2D eigenvalue weighted by molar-refractivity contribution is 9.10. The van der Waals surface area contributed by atoms with E-state index in [1.54, 1.807) is 0 Å². The Bertz CT molecular complexity index is 446. The molecule has 0 spiro atoms. The van der Waals surface area contributed by atoms with Crippen LogP contribution in [-0.2, 0) is 0 Å². The lowest BCUT2D eigenvalue weighted by molar-refractivity contribution is 0.00586. The van der Waals surface area contributed by atoms with Crippen molar-refractivity contribution in [3.63, 3.8) is 0 Å². The molecule has 0 saturated heterocycles. The van der Waals surface area contributed by atoms with Crippen LogP contribution in [0.2, 0.25) is 0 Å². The van der Waals surface area contributed by atoms with Crippen molar-refractivity contribution in [2.45, 2.75) is 52.2 Å². The SMILES string of the molecule is CCCNC1CC(C)(C(C)C)Oc2cc(Br)ccc21. The molecule has 0 radical (unpaired) electrons. The molecular weight excluding hydrogens is 302 g/mol. The molecule has 1 heterocycles. The van der Waals surface area contributed by atoms with Gasteiger partial charge in [-0.05, 0) is 37.9 Å². The molecule has 2 nitrogen and oxygen atoms in total. The van der Waals surface area contributed by atoms with Crippen LogP contribution in [0.1, 0.15) is 52.1 Å². The van der Waals surface area contributed by atoms with E-state index in [0.717, 1.165) is 29.6 Å². The number of hydrogen-bond donors (Lipinski definition) is 1. The normalized spacial score (nSPS) is 26.1. The Kier molecular flexibility index (Phi) is 4.57. The molecule has 0 saturated carbocycles. The summed E-state index contributed by atoms with van der Waals surface area (Å²) in [6.45, 7) is 9.95. The summed E-state index contributed by atoms with van der Waals surface area (Å²) < 4.78 is 7.38. The lowest BCUT2D eigenvalue weighted by atomic mass is 9.81. The minimum atomic E-state index is -0.0980. The highest BCUT2D eigenvalue weighted by Gasteiger charge is 2.39.